The highest BCUT2D eigenvalue weighted by Gasteiger charge is 2.47. The normalized spacial score (nSPS) is 30.3. The maximum absolute atomic E-state index is 12.4. The van der Waals surface area contributed by atoms with Crippen LogP contribution >= 0.6 is 0 Å². The van der Waals surface area contributed by atoms with Crippen LogP contribution in [0.4, 0.5) is 0 Å². The molecule has 2 atom stereocenters. The van der Waals surface area contributed by atoms with Gasteiger partial charge in [-0.05, 0) is 43.9 Å². The molecule has 0 aromatic carbocycles. The van der Waals surface area contributed by atoms with Crippen molar-refractivity contribution in [2.45, 2.75) is 72.0 Å². The lowest BCUT2D eigenvalue weighted by molar-refractivity contribution is -0.131. The highest BCUT2D eigenvalue weighted by atomic mass is 16.2. The second kappa shape index (κ2) is 5.20. The summed E-state index contributed by atoms with van der Waals surface area (Å²) in [7, 11) is 0. The zero-order chi connectivity index (χ0) is 13.3. The smallest absolute Gasteiger partial charge is 0.241 e. The minimum atomic E-state index is 0.0532. The lowest BCUT2D eigenvalue weighted by Gasteiger charge is -2.26. The van der Waals surface area contributed by atoms with Crippen LogP contribution in [0, 0.1) is 11.3 Å². The summed E-state index contributed by atoms with van der Waals surface area (Å²) in [6.07, 6.45) is 6.31. The van der Waals surface area contributed by atoms with Gasteiger partial charge in [-0.15, -0.1) is 0 Å². The Hall–Kier alpha value is -0.570. The number of rotatable bonds is 6. The maximum atomic E-state index is 12.4. The molecule has 1 saturated carbocycles. The van der Waals surface area contributed by atoms with Gasteiger partial charge in [-0.3, -0.25) is 10.1 Å². The lowest BCUT2D eigenvalue weighted by atomic mass is 9.99. The molecule has 1 amide bonds. The van der Waals surface area contributed by atoms with E-state index in [2.05, 4.69) is 37.9 Å². The van der Waals surface area contributed by atoms with E-state index >= 15 is 0 Å². The molecule has 1 aliphatic carbocycles. The molecule has 2 aliphatic rings. The van der Waals surface area contributed by atoms with Crippen molar-refractivity contribution in [2.75, 3.05) is 6.54 Å². The van der Waals surface area contributed by atoms with Gasteiger partial charge in [0.2, 0.25) is 5.91 Å². The van der Waals surface area contributed by atoms with Crippen LogP contribution < -0.4 is 5.32 Å². The van der Waals surface area contributed by atoms with Gasteiger partial charge >= 0.3 is 0 Å². The fourth-order valence-electron chi connectivity index (χ4n) is 3.25. The fourth-order valence-corrected chi connectivity index (χ4v) is 3.25. The van der Waals surface area contributed by atoms with Gasteiger partial charge in [0.25, 0.3) is 0 Å². The van der Waals surface area contributed by atoms with Gasteiger partial charge in [-0.1, -0.05) is 27.2 Å². The number of hydrogen-bond acceptors (Lipinski definition) is 2. The number of carbonyl (C=O) groups excluding carboxylic acids is 1. The molecule has 1 heterocycles. The molecular formula is C15H28N2O. The van der Waals surface area contributed by atoms with Crippen molar-refractivity contribution in [3.63, 3.8) is 0 Å². The average molecular weight is 252 g/mol. The monoisotopic (exact) mass is 252 g/mol. The van der Waals surface area contributed by atoms with Gasteiger partial charge in [0.05, 0.1) is 12.2 Å². The van der Waals surface area contributed by atoms with Crippen LogP contribution in [0.5, 0.6) is 0 Å². The lowest BCUT2D eigenvalue weighted by Crippen LogP contribution is -2.39. The molecule has 0 radical (unpaired) electrons. The first kappa shape index (κ1) is 13.9. The van der Waals surface area contributed by atoms with Crippen LogP contribution in [0.3, 0.4) is 0 Å². The number of amides is 1. The number of nitrogens with one attached hydrogen (secondary N) is 1. The molecule has 1 aliphatic heterocycles. The number of carbonyl (C=O) groups is 1. The van der Waals surface area contributed by atoms with E-state index in [1.807, 2.05) is 0 Å². The van der Waals surface area contributed by atoms with E-state index in [4.69, 9.17) is 0 Å². The Balaban J connectivity index is 1.95. The van der Waals surface area contributed by atoms with Crippen molar-refractivity contribution in [2.24, 2.45) is 11.3 Å². The van der Waals surface area contributed by atoms with E-state index in [1.165, 1.54) is 25.7 Å². The van der Waals surface area contributed by atoms with Crippen molar-refractivity contribution >= 4 is 5.91 Å². The van der Waals surface area contributed by atoms with E-state index < -0.39 is 0 Å². The molecule has 2 rings (SSSR count). The molecule has 2 fully saturated rings. The summed E-state index contributed by atoms with van der Waals surface area (Å²) in [5.74, 6) is 0.905. The summed E-state index contributed by atoms with van der Waals surface area (Å²) >= 11 is 0. The zero-order valence-corrected chi connectivity index (χ0v) is 12.3. The first-order valence-electron chi connectivity index (χ1n) is 7.54. The second-order valence-electron chi connectivity index (χ2n) is 6.74. The van der Waals surface area contributed by atoms with Crippen molar-refractivity contribution in [3.8, 4) is 0 Å². The molecule has 18 heavy (non-hydrogen) atoms. The molecule has 0 aromatic rings. The molecule has 3 heteroatoms. The highest BCUT2D eigenvalue weighted by Crippen LogP contribution is 2.50. The molecule has 2 unspecified atom stereocenters. The van der Waals surface area contributed by atoms with Crippen molar-refractivity contribution < 1.29 is 4.79 Å². The Kier molecular flexibility index (Phi) is 4.00. The molecule has 0 bridgehead atoms. The SMILES string of the molecule is CCCC1(CN2C(=O)C(CC(C)C)NC2C)CC1. The third kappa shape index (κ3) is 2.87. The molecule has 0 aromatic heterocycles. The highest BCUT2D eigenvalue weighted by molar-refractivity contribution is 5.84. The number of nitrogens with zero attached hydrogens (tertiary/aromatic N) is 1. The van der Waals surface area contributed by atoms with Crippen LogP contribution in [-0.2, 0) is 4.79 Å². The summed E-state index contributed by atoms with van der Waals surface area (Å²) in [5.41, 5.74) is 0.465. The minimum Gasteiger partial charge on any atom is -0.326 e. The summed E-state index contributed by atoms with van der Waals surface area (Å²) in [5, 5.41) is 3.45. The Labute approximate surface area is 111 Å². The summed E-state index contributed by atoms with van der Waals surface area (Å²) in [6, 6.07) is 0.0532. The van der Waals surface area contributed by atoms with E-state index in [9.17, 15) is 4.79 Å². The van der Waals surface area contributed by atoms with Crippen LogP contribution in [0.1, 0.15) is 59.8 Å². The van der Waals surface area contributed by atoms with E-state index in [1.54, 1.807) is 0 Å². The van der Waals surface area contributed by atoms with E-state index in [-0.39, 0.29) is 12.2 Å². The predicted molar refractivity (Wildman–Crippen MR) is 74.1 cm³/mol. The van der Waals surface area contributed by atoms with E-state index in [0.717, 1.165) is 13.0 Å². The van der Waals surface area contributed by atoms with Crippen LogP contribution in [0.2, 0.25) is 0 Å². The summed E-state index contributed by atoms with van der Waals surface area (Å²) < 4.78 is 0. The van der Waals surface area contributed by atoms with Crippen LogP contribution in [0.25, 0.3) is 0 Å². The Morgan fingerprint density at radius 2 is 2.11 bits per heavy atom. The molecule has 1 N–H and O–H groups in total. The van der Waals surface area contributed by atoms with Gasteiger partial charge < -0.3 is 4.90 Å². The second-order valence-corrected chi connectivity index (χ2v) is 6.74. The Bertz CT molecular complexity index is 310. The van der Waals surface area contributed by atoms with Gasteiger partial charge in [0, 0.05) is 6.54 Å². The standard InChI is InChI=1S/C15H28N2O/c1-5-6-15(7-8-15)10-17-12(4)16-13(14(17)18)9-11(2)3/h11-13,16H,5-10H2,1-4H3. The Morgan fingerprint density at radius 1 is 1.44 bits per heavy atom. The number of hydrogen-bond donors (Lipinski definition) is 1. The molecule has 0 spiro atoms. The minimum absolute atomic E-state index is 0.0532. The van der Waals surface area contributed by atoms with Crippen molar-refractivity contribution in [1.29, 1.82) is 0 Å². The summed E-state index contributed by atoms with van der Waals surface area (Å²) in [6.45, 7) is 9.71. The van der Waals surface area contributed by atoms with Crippen molar-refractivity contribution in [3.05, 3.63) is 0 Å². The average Bonchev–Trinajstić information content (AvgIpc) is 2.99. The third-order valence-electron chi connectivity index (χ3n) is 4.44. The summed E-state index contributed by atoms with van der Waals surface area (Å²) in [4.78, 5) is 14.5. The van der Waals surface area contributed by atoms with Gasteiger partial charge in [0.15, 0.2) is 0 Å². The van der Waals surface area contributed by atoms with Gasteiger partial charge in [-0.25, -0.2) is 0 Å². The molecule has 104 valence electrons. The maximum Gasteiger partial charge on any atom is 0.241 e. The third-order valence-corrected chi connectivity index (χ3v) is 4.44. The molecular weight excluding hydrogens is 224 g/mol. The van der Waals surface area contributed by atoms with Gasteiger partial charge in [0.1, 0.15) is 0 Å². The van der Waals surface area contributed by atoms with Crippen LogP contribution in [-0.4, -0.2) is 29.6 Å². The topological polar surface area (TPSA) is 32.3 Å². The quantitative estimate of drug-likeness (QED) is 0.788. The van der Waals surface area contributed by atoms with Crippen LogP contribution in [0.15, 0.2) is 0 Å². The molecule has 1 saturated heterocycles. The first-order chi connectivity index (χ1) is 8.47. The molecule has 3 nitrogen and oxygen atoms in total. The van der Waals surface area contributed by atoms with Crippen molar-refractivity contribution in [1.82, 2.24) is 10.2 Å². The fraction of sp³-hybridized carbons (Fsp3) is 0.933. The Morgan fingerprint density at radius 3 is 2.61 bits per heavy atom. The zero-order valence-electron chi connectivity index (χ0n) is 12.3. The van der Waals surface area contributed by atoms with E-state index in [0.29, 0.717) is 17.2 Å². The van der Waals surface area contributed by atoms with Gasteiger partial charge in [-0.2, -0.15) is 0 Å². The first-order valence-corrected chi connectivity index (χ1v) is 7.54. The largest absolute Gasteiger partial charge is 0.326 e. The predicted octanol–water partition coefficient (Wildman–Crippen LogP) is 2.76.